The predicted molar refractivity (Wildman–Crippen MR) is 83.5 cm³/mol. The number of carbonyl (C=O) groups is 1. The van der Waals surface area contributed by atoms with Crippen LogP contribution in [0.3, 0.4) is 0 Å². The van der Waals surface area contributed by atoms with Crippen LogP contribution in [0.4, 0.5) is 14.5 Å². The van der Waals surface area contributed by atoms with Crippen molar-refractivity contribution in [2.24, 2.45) is 0 Å². The summed E-state index contributed by atoms with van der Waals surface area (Å²) in [6, 6.07) is 8.56. The first kappa shape index (κ1) is 16.3. The average molecular weight is 356 g/mol. The van der Waals surface area contributed by atoms with Crippen LogP contribution in [0.2, 0.25) is 5.02 Å². The number of amides is 1. The van der Waals surface area contributed by atoms with E-state index in [1.807, 2.05) is 0 Å². The van der Waals surface area contributed by atoms with Gasteiger partial charge in [0.25, 0.3) is 5.91 Å². The van der Waals surface area contributed by atoms with Crippen LogP contribution < -0.4 is 19.5 Å². The van der Waals surface area contributed by atoms with E-state index in [1.54, 1.807) is 12.1 Å². The lowest BCUT2D eigenvalue weighted by molar-refractivity contribution is -0.0498. The molecule has 126 valence electrons. The van der Waals surface area contributed by atoms with E-state index in [0.717, 1.165) is 0 Å². The number of benzene rings is 2. The van der Waals surface area contributed by atoms with Gasteiger partial charge in [-0.05, 0) is 18.2 Å². The molecule has 2 aromatic rings. The van der Waals surface area contributed by atoms with Gasteiger partial charge in [0.05, 0.1) is 10.7 Å². The molecule has 2 aromatic carbocycles. The van der Waals surface area contributed by atoms with E-state index >= 15 is 0 Å². The summed E-state index contributed by atoms with van der Waals surface area (Å²) in [5.74, 6) is 0.339. The molecule has 1 heterocycles. The number of anilines is 1. The summed E-state index contributed by atoms with van der Waals surface area (Å²) in [6.45, 7) is -2.14. The Balaban J connectivity index is 1.80. The van der Waals surface area contributed by atoms with Gasteiger partial charge in [-0.2, -0.15) is 8.78 Å². The third-order valence-corrected chi connectivity index (χ3v) is 3.51. The second kappa shape index (κ2) is 6.92. The molecule has 0 aromatic heterocycles. The van der Waals surface area contributed by atoms with Gasteiger partial charge in [-0.3, -0.25) is 4.79 Å². The molecule has 0 saturated heterocycles. The minimum Gasteiger partial charge on any atom is -0.486 e. The molecule has 0 atom stereocenters. The maximum absolute atomic E-state index is 12.3. The molecule has 3 rings (SSSR count). The Kier molecular flexibility index (Phi) is 4.71. The molecule has 1 aliphatic heterocycles. The third kappa shape index (κ3) is 3.68. The molecule has 0 aliphatic carbocycles. The molecule has 5 nitrogen and oxygen atoms in total. The van der Waals surface area contributed by atoms with Crippen LogP contribution in [0.1, 0.15) is 10.4 Å². The normalized spacial score (nSPS) is 12.8. The summed E-state index contributed by atoms with van der Waals surface area (Å²) in [4.78, 5) is 12.3. The quantitative estimate of drug-likeness (QED) is 0.901. The minimum absolute atomic E-state index is 0.106. The topological polar surface area (TPSA) is 56.8 Å². The first-order valence-electron chi connectivity index (χ1n) is 6.98. The smallest absolute Gasteiger partial charge is 0.387 e. The average Bonchev–Trinajstić information content (AvgIpc) is 2.55. The number of nitrogens with one attached hydrogen (secondary N) is 1. The summed E-state index contributed by atoms with van der Waals surface area (Å²) in [5, 5.41) is 2.88. The molecule has 0 unspecified atom stereocenters. The number of hydrogen-bond acceptors (Lipinski definition) is 4. The van der Waals surface area contributed by atoms with E-state index in [-0.39, 0.29) is 16.3 Å². The second-order valence-corrected chi connectivity index (χ2v) is 5.24. The Bertz CT molecular complexity index is 770. The van der Waals surface area contributed by atoms with Crippen molar-refractivity contribution < 1.29 is 27.8 Å². The van der Waals surface area contributed by atoms with Crippen molar-refractivity contribution in [1.82, 2.24) is 0 Å². The number of rotatable bonds is 4. The molecule has 1 amide bonds. The maximum atomic E-state index is 12.3. The van der Waals surface area contributed by atoms with Gasteiger partial charge in [-0.15, -0.1) is 0 Å². The molecule has 8 heteroatoms. The highest BCUT2D eigenvalue weighted by Gasteiger charge is 2.17. The first-order valence-corrected chi connectivity index (χ1v) is 7.36. The predicted octanol–water partition coefficient (Wildman–Crippen LogP) is 3.96. The van der Waals surface area contributed by atoms with Gasteiger partial charge in [-0.1, -0.05) is 17.7 Å². The number of ether oxygens (including phenoxy) is 3. The molecule has 0 bridgehead atoms. The summed E-state index contributed by atoms with van der Waals surface area (Å²) in [5.41, 5.74) is 0.477. The zero-order chi connectivity index (χ0) is 17.1. The van der Waals surface area contributed by atoms with Crippen molar-refractivity contribution in [2.75, 3.05) is 18.5 Å². The Morgan fingerprint density at radius 1 is 1.17 bits per heavy atom. The molecule has 1 aliphatic rings. The standard InChI is InChI=1S/C16H12ClF2NO4/c17-11-7-13-14(23-5-4-22-13)8-12(11)20-15(21)9-2-1-3-10(6-9)24-16(18)19/h1-3,6-8,16H,4-5H2,(H,20,21). The number of fused-ring (bicyclic) bond motifs is 1. The molecule has 0 radical (unpaired) electrons. The molecular weight excluding hydrogens is 344 g/mol. The van der Waals surface area contributed by atoms with E-state index in [4.69, 9.17) is 21.1 Å². The Hall–Kier alpha value is -2.54. The highest BCUT2D eigenvalue weighted by molar-refractivity contribution is 6.34. The zero-order valence-electron chi connectivity index (χ0n) is 12.2. The van der Waals surface area contributed by atoms with Crippen LogP contribution >= 0.6 is 11.6 Å². The Labute approximate surface area is 141 Å². The highest BCUT2D eigenvalue weighted by Crippen LogP contribution is 2.38. The van der Waals surface area contributed by atoms with Crippen LogP contribution in [-0.4, -0.2) is 25.7 Å². The molecule has 0 fully saturated rings. The monoisotopic (exact) mass is 355 g/mol. The van der Waals surface area contributed by atoms with Crippen molar-refractivity contribution in [3.8, 4) is 17.2 Å². The van der Waals surface area contributed by atoms with E-state index in [9.17, 15) is 13.6 Å². The molecule has 0 saturated carbocycles. The maximum Gasteiger partial charge on any atom is 0.387 e. The van der Waals surface area contributed by atoms with Gasteiger partial charge < -0.3 is 19.5 Å². The van der Waals surface area contributed by atoms with E-state index < -0.39 is 12.5 Å². The molecule has 1 N–H and O–H groups in total. The highest BCUT2D eigenvalue weighted by atomic mass is 35.5. The van der Waals surface area contributed by atoms with Crippen molar-refractivity contribution in [3.63, 3.8) is 0 Å². The molecule has 0 spiro atoms. The van der Waals surface area contributed by atoms with Crippen molar-refractivity contribution in [3.05, 3.63) is 47.0 Å². The number of carbonyl (C=O) groups excluding carboxylic acids is 1. The van der Waals surface area contributed by atoms with Crippen molar-refractivity contribution in [1.29, 1.82) is 0 Å². The first-order chi connectivity index (χ1) is 11.5. The van der Waals surface area contributed by atoms with Crippen LogP contribution in [0.5, 0.6) is 17.2 Å². The fraction of sp³-hybridized carbons (Fsp3) is 0.188. The van der Waals surface area contributed by atoms with Gasteiger partial charge in [0, 0.05) is 17.7 Å². The molecule has 24 heavy (non-hydrogen) atoms. The fourth-order valence-corrected chi connectivity index (χ4v) is 2.37. The summed E-state index contributed by atoms with van der Waals surface area (Å²) < 4.78 is 39.6. The number of halogens is 3. The summed E-state index contributed by atoms with van der Waals surface area (Å²) in [7, 11) is 0. The number of alkyl halides is 2. The Morgan fingerprint density at radius 2 is 1.88 bits per heavy atom. The van der Waals surface area contributed by atoms with E-state index in [2.05, 4.69) is 10.1 Å². The van der Waals surface area contributed by atoms with Crippen LogP contribution in [0.15, 0.2) is 36.4 Å². The summed E-state index contributed by atoms with van der Waals surface area (Å²) >= 11 is 6.12. The lowest BCUT2D eigenvalue weighted by Gasteiger charge is -2.20. The summed E-state index contributed by atoms with van der Waals surface area (Å²) in [6.07, 6.45) is 0. The largest absolute Gasteiger partial charge is 0.486 e. The van der Waals surface area contributed by atoms with Gasteiger partial charge in [0.2, 0.25) is 0 Å². The number of hydrogen-bond donors (Lipinski definition) is 1. The van der Waals surface area contributed by atoms with Crippen molar-refractivity contribution >= 4 is 23.2 Å². The van der Waals surface area contributed by atoms with Gasteiger partial charge >= 0.3 is 6.61 Å². The van der Waals surface area contributed by atoms with Crippen molar-refractivity contribution in [2.45, 2.75) is 6.61 Å². The van der Waals surface area contributed by atoms with Gasteiger partial charge in [0.15, 0.2) is 11.5 Å². The van der Waals surface area contributed by atoms with Crippen LogP contribution in [0.25, 0.3) is 0 Å². The lowest BCUT2D eigenvalue weighted by atomic mass is 10.2. The van der Waals surface area contributed by atoms with Crippen LogP contribution in [0, 0.1) is 0 Å². The molecular formula is C16H12ClF2NO4. The second-order valence-electron chi connectivity index (χ2n) is 4.84. The SMILES string of the molecule is O=C(Nc1cc2c(cc1Cl)OCCO2)c1cccc(OC(F)F)c1. The van der Waals surface area contributed by atoms with E-state index in [0.29, 0.717) is 30.4 Å². The zero-order valence-corrected chi connectivity index (χ0v) is 13.0. The Morgan fingerprint density at radius 3 is 2.58 bits per heavy atom. The third-order valence-electron chi connectivity index (χ3n) is 3.20. The minimum atomic E-state index is -2.96. The van der Waals surface area contributed by atoms with E-state index in [1.165, 1.54) is 24.3 Å². The van der Waals surface area contributed by atoms with Gasteiger partial charge in [0.1, 0.15) is 19.0 Å². The fourth-order valence-electron chi connectivity index (χ4n) is 2.17. The van der Waals surface area contributed by atoms with Crippen LogP contribution in [-0.2, 0) is 0 Å². The van der Waals surface area contributed by atoms with Gasteiger partial charge in [-0.25, -0.2) is 0 Å². The lowest BCUT2D eigenvalue weighted by Crippen LogP contribution is -2.17.